The van der Waals surface area contributed by atoms with Crippen LogP contribution in [0.1, 0.15) is 18.4 Å². The smallest absolute Gasteiger partial charge is 0.311 e. The molecule has 1 aromatic rings. The quantitative estimate of drug-likeness (QED) is 0.307. The van der Waals surface area contributed by atoms with E-state index in [0.29, 0.717) is 0 Å². The van der Waals surface area contributed by atoms with Crippen LogP contribution in [0, 0.1) is 10.1 Å². The Morgan fingerprint density at radius 3 is 2.77 bits per heavy atom. The van der Waals surface area contributed by atoms with Gasteiger partial charge >= 0.3 is 11.7 Å². The molecule has 0 spiro atoms. The summed E-state index contributed by atoms with van der Waals surface area (Å²) >= 11 is 6.10. The molecule has 0 saturated carbocycles. The second kappa shape index (κ2) is 8.15. The van der Waals surface area contributed by atoms with Gasteiger partial charge in [-0.25, -0.2) is 0 Å². The van der Waals surface area contributed by atoms with Crippen LogP contribution in [0.15, 0.2) is 17.0 Å². The molecule has 0 unspecified atom stereocenters. The van der Waals surface area contributed by atoms with Gasteiger partial charge in [0.1, 0.15) is 10.1 Å². The molecule has 1 aliphatic heterocycles. The lowest BCUT2D eigenvalue weighted by Crippen LogP contribution is -2.29. The summed E-state index contributed by atoms with van der Waals surface area (Å²) in [5.74, 6) is -1.81. The number of nitrogens with zero attached hydrogens (tertiary/aromatic N) is 2. The number of hydrogen-bond donors (Lipinski definition) is 2. The molecule has 9 nitrogen and oxygen atoms in total. The van der Waals surface area contributed by atoms with E-state index in [1.807, 2.05) is 0 Å². The fourth-order valence-corrected chi connectivity index (χ4v) is 3.52. The van der Waals surface area contributed by atoms with Crippen LogP contribution < -0.4 is 4.74 Å². The minimum atomic E-state index is -0.971. The van der Waals surface area contributed by atoms with Crippen molar-refractivity contribution in [3.63, 3.8) is 0 Å². The van der Waals surface area contributed by atoms with E-state index in [1.165, 1.54) is 18.1 Å². The van der Waals surface area contributed by atoms with Gasteiger partial charge in [0.25, 0.3) is 5.91 Å². The first-order chi connectivity index (χ1) is 12.2. The number of rotatable bonds is 7. The first kappa shape index (κ1) is 19.7. The van der Waals surface area contributed by atoms with E-state index in [2.05, 4.69) is 0 Å². The molecule has 0 aliphatic carbocycles. The molecule has 1 saturated heterocycles. The molecule has 1 amide bonds. The number of carboxylic acid groups (broad SMARTS) is 1. The molecule has 1 aliphatic rings. The van der Waals surface area contributed by atoms with Gasteiger partial charge in [-0.3, -0.25) is 24.6 Å². The first-order valence-corrected chi connectivity index (χ1v) is 8.49. The van der Waals surface area contributed by atoms with Crippen molar-refractivity contribution in [2.45, 2.75) is 12.8 Å². The lowest BCUT2D eigenvalue weighted by atomic mass is 10.1. The Morgan fingerprint density at radius 2 is 2.19 bits per heavy atom. The molecule has 0 aromatic heterocycles. The van der Waals surface area contributed by atoms with Gasteiger partial charge in [0.2, 0.25) is 5.75 Å². The van der Waals surface area contributed by atoms with Crippen molar-refractivity contribution in [3.8, 4) is 11.5 Å². The number of carboxylic acids is 1. The second-order valence-electron chi connectivity index (χ2n) is 5.17. The number of carbonyl (C=O) groups is 2. The number of benzene rings is 1. The molecule has 2 rings (SSSR count). The third kappa shape index (κ3) is 4.29. The third-order valence-corrected chi connectivity index (χ3v) is 4.84. The second-order valence-corrected chi connectivity index (χ2v) is 6.85. The first-order valence-electron chi connectivity index (χ1n) is 7.27. The number of thioether (sulfide) groups is 1. The van der Waals surface area contributed by atoms with E-state index in [9.17, 15) is 24.8 Å². The predicted molar refractivity (Wildman–Crippen MR) is 98.1 cm³/mol. The standard InChI is InChI=1S/C15H14N2O7S2/c1-24-11-7-10(18)8(5-9(11)17(22)23)6-12-14(21)16(15(25)26-12)4-2-3-13(19)20/h5-7,18H,2-4H2,1H3,(H,19,20). The Labute approximate surface area is 157 Å². The van der Waals surface area contributed by atoms with Crippen LogP contribution in [-0.2, 0) is 9.59 Å². The number of amides is 1. The summed E-state index contributed by atoms with van der Waals surface area (Å²) < 4.78 is 5.12. The van der Waals surface area contributed by atoms with E-state index in [0.717, 1.165) is 23.9 Å². The van der Waals surface area contributed by atoms with Gasteiger partial charge in [-0.05, 0) is 12.5 Å². The Morgan fingerprint density at radius 1 is 1.50 bits per heavy atom. The van der Waals surface area contributed by atoms with Gasteiger partial charge in [-0.2, -0.15) is 0 Å². The highest BCUT2D eigenvalue weighted by molar-refractivity contribution is 8.26. The van der Waals surface area contributed by atoms with Crippen LogP contribution in [0.2, 0.25) is 0 Å². The molecule has 1 fully saturated rings. The number of carbonyl (C=O) groups excluding carboxylic acids is 1. The number of hydrogen-bond acceptors (Lipinski definition) is 8. The van der Waals surface area contributed by atoms with E-state index < -0.39 is 16.8 Å². The summed E-state index contributed by atoms with van der Waals surface area (Å²) in [5, 5.41) is 29.8. The van der Waals surface area contributed by atoms with Crippen molar-refractivity contribution in [1.82, 2.24) is 4.90 Å². The van der Waals surface area contributed by atoms with Gasteiger partial charge in [-0.15, -0.1) is 0 Å². The lowest BCUT2D eigenvalue weighted by Gasteiger charge is -2.13. The van der Waals surface area contributed by atoms with Crippen molar-refractivity contribution < 1.29 is 29.5 Å². The number of phenols is 1. The molecule has 26 heavy (non-hydrogen) atoms. The number of nitro groups is 1. The topological polar surface area (TPSA) is 130 Å². The van der Waals surface area contributed by atoms with Crippen LogP contribution in [0.25, 0.3) is 6.08 Å². The maximum Gasteiger partial charge on any atom is 0.311 e. The summed E-state index contributed by atoms with van der Waals surface area (Å²) in [6, 6.07) is 2.20. The minimum Gasteiger partial charge on any atom is -0.507 e. The van der Waals surface area contributed by atoms with E-state index in [4.69, 9.17) is 22.1 Å². The zero-order chi connectivity index (χ0) is 19.4. The highest BCUT2D eigenvalue weighted by Crippen LogP contribution is 2.38. The van der Waals surface area contributed by atoms with Gasteiger partial charge in [0.15, 0.2) is 0 Å². The van der Waals surface area contributed by atoms with E-state index in [1.54, 1.807) is 0 Å². The number of aromatic hydroxyl groups is 1. The summed E-state index contributed by atoms with van der Waals surface area (Å²) in [4.78, 5) is 34.9. The fraction of sp³-hybridized carbons (Fsp3) is 0.267. The van der Waals surface area contributed by atoms with Crippen LogP contribution in [-0.4, -0.2) is 49.9 Å². The number of phenolic OH excluding ortho intramolecular Hbond substituents is 1. The van der Waals surface area contributed by atoms with E-state index in [-0.39, 0.29) is 51.4 Å². The van der Waals surface area contributed by atoms with E-state index >= 15 is 0 Å². The summed E-state index contributed by atoms with van der Waals surface area (Å²) in [5.41, 5.74) is -0.281. The fourth-order valence-electron chi connectivity index (χ4n) is 2.22. The molecule has 138 valence electrons. The summed E-state index contributed by atoms with van der Waals surface area (Å²) in [7, 11) is 1.24. The van der Waals surface area contributed by atoms with Crippen LogP contribution in [0.4, 0.5) is 5.69 Å². The molecule has 11 heteroatoms. The summed E-state index contributed by atoms with van der Waals surface area (Å²) in [6.07, 6.45) is 1.45. The monoisotopic (exact) mass is 398 g/mol. The van der Waals surface area contributed by atoms with Crippen molar-refractivity contribution in [1.29, 1.82) is 0 Å². The van der Waals surface area contributed by atoms with Crippen molar-refractivity contribution in [2.24, 2.45) is 0 Å². The molecule has 2 N–H and O–H groups in total. The van der Waals surface area contributed by atoms with Crippen molar-refractivity contribution >= 4 is 51.9 Å². The number of nitro benzene ring substituents is 1. The van der Waals surface area contributed by atoms with Crippen molar-refractivity contribution in [2.75, 3.05) is 13.7 Å². The lowest BCUT2D eigenvalue weighted by molar-refractivity contribution is -0.385. The average molecular weight is 398 g/mol. The van der Waals surface area contributed by atoms with Gasteiger partial charge in [0, 0.05) is 30.7 Å². The van der Waals surface area contributed by atoms with Gasteiger partial charge < -0.3 is 14.9 Å². The molecular formula is C15H14N2O7S2. The zero-order valence-corrected chi connectivity index (χ0v) is 15.1. The highest BCUT2D eigenvalue weighted by atomic mass is 32.2. The zero-order valence-electron chi connectivity index (χ0n) is 13.5. The minimum absolute atomic E-state index is 0.0727. The number of ether oxygens (including phenoxy) is 1. The number of thiocarbonyl (C=S) groups is 1. The molecular weight excluding hydrogens is 384 g/mol. The molecule has 1 heterocycles. The molecule has 0 radical (unpaired) electrons. The Kier molecular flexibility index (Phi) is 6.16. The number of methoxy groups -OCH3 is 1. The number of aliphatic carboxylic acids is 1. The molecule has 1 aromatic carbocycles. The largest absolute Gasteiger partial charge is 0.507 e. The molecule has 0 atom stereocenters. The Bertz CT molecular complexity index is 822. The van der Waals surface area contributed by atoms with Crippen LogP contribution in [0.5, 0.6) is 11.5 Å². The maximum absolute atomic E-state index is 12.4. The highest BCUT2D eigenvalue weighted by Gasteiger charge is 2.32. The van der Waals surface area contributed by atoms with Gasteiger partial charge in [-0.1, -0.05) is 24.0 Å². The van der Waals surface area contributed by atoms with Crippen LogP contribution >= 0.6 is 24.0 Å². The van der Waals surface area contributed by atoms with Gasteiger partial charge in [0.05, 0.1) is 16.9 Å². The predicted octanol–water partition coefficient (Wildman–Crippen LogP) is 2.38. The maximum atomic E-state index is 12.4. The summed E-state index contributed by atoms with van der Waals surface area (Å²) in [6.45, 7) is 0.156. The Balaban J connectivity index is 2.28. The van der Waals surface area contributed by atoms with Crippen LogP contribution in [0.3, 0.4) is 0 Å². The SMILES string of the molecule is COc1cc(O)c(C=C2SC(=S)N(CCCC(=O)O)C2=O)cc1[N+](=O)[O-]. The third-order valence-electron chi connectivity index (χ3n) is 3.46. The average Bonchev–Trinajstić information content (AvgIpc) is 2.83. The van der Waals surface area contributed by atoms with Crippen molar-refractivity contribution in [3.05, 3.63) is 32.7 Å². The normalized spacial score (nSPS) is 15.6. The Hall–Kier alpha value is -2.66. The molecule has 0 bridgehead atoms.